The first kappa shape index (κ1) is 20.4. The standard InChI is InChI=1S/C24H32N2O2/c1-4-22(28-23-12-11-18(2)15-19(23)3)24(27)25-16-20-9-5-6-10-21(20)17-26-13-7-8-14-26/h5-6,9-12,15,22H,4,7-8,13-14,16-17H2,1-3H3,(H,25,27)/t22-/m0/s1. The molecular formula is C24H32N2O2. The molecule has 2 aromatic carbocycles. The summed E-state index contributed by atoms with van der Waals surface area (Å²) in [5.41, 5.74) is 4.73. The highest BCUT2D eigenvalue weighted by atomic mass is 16.5. The molecule has 2 aromatic rings. The molecule has 4 nitrogen and oxygen atoms in total. The Morgan fingerprint density at radius 3 is 2.50 bits per heavy atom. The number of nitrogens with one attached hydrogen (secondary N) is 1. The number of amides is 1. The molecule has 0 spiro atoms. The van der Waals surface area contributed by atoms with E-state index in [-0.39, 0.29) is 5.91 Å². The van der Waals surface area contributed by atoms with Gasteiger partial charge in [-0.3, -0.25) is 9.69 Å². The van der Waals surface area contributed by atoms with Gasteiger partial charge in [-0.25, -0.2) is 0 Å². The highest BCUT2D eigenvalue weighted by Gasteiger charge is 2.20. The van der Waals surface area contributed by atoms with Crippen molar-refractivity contribution >= 4 is 5.91 Å². The van der Waals surface area contributed by atoms with Crippen LogP contribution < -0.4 is 10.1 Å². The molecule has 0 saturated carbocycles. The number of aryl methyl sites for hydroxylation is 2. The van der Waals surface area contributed by atoms with Gasteiger partial charge in [0, 0.05) is 13.1 Å². The van der Waals surface area contributed by atoms with E-state index in [1.54, 1.807) is 0 Å². The summed E-state index contributed by atoms with van der Waals surface area (Å²) in [5.74, 6) is 0.723. The van der Waals surface area contributed by atoms with Crippen molar-refractivity contribution in [1.82, 2.24) is 10.2 Å². The Bertz CT molecular complexity index is 797. The van der Waals surface area contributed by atoms with Crippen LogP contribution in [-0.2, 0) is 17.9 Å². The maximum Gasteiger partial charge on any atom is 0.261 e. The first-order valence-electron chi connectivity index (χ1n) is 10.4. The molecule has 28 heavy (non-hydrogen) atoms. The molecule has 4 heteroatoms. The second kappa shape index (κ2) is 9.74. The first-order chi connectivity index (χ1) is 13.6. The Morgan fingerprint density at radius 1 is 1.11 bits per heavy atom. The van der Waals surface area contributed by atoms with Crippen molar-refractivity contribution in [3.8, 4) is 5.75 Å². The van der Waals surface area contributed by atoms with Gasteiger partial charge in [0.15, 0.2) is 6.10 Å². The van der Waals surface area contributed by atoms with Gasteiger partial charge in [-0.2, -0.15) is 0 Å². The molecule has 1 saturated heterocycles. The molecule has 0 bridgehead atoms. The van der Waals surface area contributed by atoms with Crippen LogP contribution in [0.1, 0.15) is 48.4 Å². The number of rotatable bonds is 8. The van der Waals surface area contributed by atoms with Crippen LogP contribution in [0.2, 0.25) is 0 Å². The molecule has 150 valence electrons. The van der Waals surface area contributed by atoms with Crippen LogP contribution >= 0.6 is 0 Å². The molecule has 0 aliphatic carbocycles. The van der Waals surface area contributed by atoms with E-state index in [0.29, 0.717) is 13.0 Å². The smallest absolute Gasteiger partial charge is 0.261 e. The van der Waals surface area contributed by atoms with Gasteiger partial charge in [0.2, 0.25) is 0 Å². The van der Waals surface area contributed by atoms with Gasteiger partial charge in [0.25, 0.3) is 5.91 Å². The number of ether oxygens (including phenoxy) is 1. The van der Waals surface area contributed by atoms with Crippen molar-refractivity contribution in [1.29, 1.82) is 0 Å². The van der Waals surface area contributed by atoms with E-state index in [0.717, 1.165) is 17.9 Å². The largest absolute Gasteiger partial charge is 0.480 e. The average molecular weight is 381 g/mol. The fourth-order valence-electron chi connectivity index (χ4n) is 3.77. The number of carbonyl (C=O) groups is 1. The highest BCUT2D eigenvalue weighted by Crippen LogP contribution is 2.21. The molecule has 1 heterocycles. The fourth-order valence-corrected chi connectivity index (χ4v) is 3.77. The Labute approximate surface area is 168 Å². The fraction of sp³-hybridized carbons (Fsp3) is 0.458. The minimum Gasteiger partial charge on any atom is -0.480 e. The SMILES string of the molecule is CC[C@H](Oc1ccc(C)cc1C)C(=O)NCc1ccccc1CN1CCCC1. The molecule has 1 atom stereocenters. The summed E-state index contributed by atoms with van der Waals surface area (Å²) < 4.78 is 6.02. The van der Waals surface area contributed by atoms with Crippen molar-refractivity contribution in [3.63, 3.8) is 0 Å². The van der Waals surface area contributed by atoms with E-state index >= 15 is 0 Å². The maximum atomic E-state index is 12.7. The second-order valence-corrected chi connectivity index (χ2v) is 7.75. The van der Waals surface area contributed by atoms with Crippen LogP contribution in [0.15, 0.2) is 42.5 Å². The summed E-state index contributed by atoms with van der Waals surface area (Å²) in [4.78, 5) is 15.2. The Morgan fingerprint density at radius 2 is 1.82 bits per heavy atom. The normalized spacial score (nSPS) is 15.4. The van der Waals surface area contributed by atoms with Crippen LogP contribution in [0.25, 0.3) is 0 Å². The van der Waals surface area contributed by atoms with Gasteiger partial charge in [0.1, 0.15) is 5.75 Å². The van der Waals surface area contributed by atoms with Crippen molar-refractivity contribution in [2.75, 3.05) is 13.1 Å². The first-order valence-corrected chi connectivity index (χ1v) is 10.4. The molecule has 1 amide bonds. The predicted octanol–water partition coefficient (Wildman–Crippen LogP) is 4.37. The third kappa shape index (κ3) is 5.35. The molecule has 1 N–H and O–H groups in total. The van der Waals surface area contributed by atoms with E-state index in [1.165, 1.54) is 42.6 Å². The third-order valence-corrected chi connectivity index (χ3v) is 5.43. The van der Waals surface area contributed by atoms with Gasteiger partial charge in [-0.05, 0) is 69.0 Å². The number of benzene rings is 2. The number of hydrogen-bond acceptors (Lipinski definition) is 3. The highest BCUT2D eigenvalue weighted by molar-refractivity contribution is 5.81. The molecule has 0 radical (unpaired) electrons. The summed E-state index contributed by atoms with van der Waals surface area (Å²) in [7, 11) is 0. The second-order valence-electron chi connectivity index (χ2n) is 7.75. The van der Waals surface area contributed by atoms with Gasteiger partial charge in [-0.15, -0.1) is 0 Å². The van der Waals surface area contributed by atoms with Crippen LogP contribution in [0.3, 0.4) is 0 Å². The van der Waals surface area contributed by atoms with Crippen LogP contribution in [0.5, 0.6) is 5.75 Å². The van der Waals surface area contributed by atoms with E-state index in [2.05, 4.69) is 41.4 Å². The summed E-state index contributed by atoms with van der Waals surface area (Å²) in [6.45, 7) is 9.89. The Kier molecular flexibility index (Phi) is 7.10. The van der Waals surface area contributed by atoms with Crippen molar-refractivity contribution < 1.29 is 9.53 Å². The van der Waals surface area contributed by atoms with Crippen molar-refractivity contribution in [3.05, 3.63) is 64.7 Å². The lowest BCUT2D eigenvalue weighted by molar-refractivity contribution is -0.128. The van der Waals surface area contributed by atoms with Gasteiger partial charge >= 0.3 is 0 Å². The molecule has 1 aliphatic heterocycles. The van der Waals surface area contributed by atoms with E-state index in [1.807, 2.05) is 32.0 Å². The van der Waals surface area contributed by atoms with Crippen LogP contribution in [0, 0.1) is 13.8 Å². The van der Waals surface area contributed by atoms with Gasteiger partial charge in [0.05, 0.1) is 0 Å². The molecule has 0 unspecified atom stereocenters. The summed E-state index contributed by atoms with van der Waals surface area (Å²) in [5, 5.41) is 3.08. The minimum absolute atomic E-state index is 0.0570. The Balaban J connectivity index is 1.60. The molecule has 1 fully saturated rings. The number of nitrogens with zero attached hydrogens (tertiary/aromatic N) is 1. The number of likely N-dealkylation sites (tertiary alicyclic amines) is 1. The lowest BCUT2D eigenvalue weighted by Gasteiger charge is -2.20. The summed E-state index contributed by atoms with van der Waals surface area (Å²) in [6.07, 6.45) is 2.72. The van der Waals surface area contributed by atoms with E-state index in [4.69, 9.17) is 4.74 Å². The quantitative estimate of drug-likeness (QED) is 0.739. The zero-order valence-corrected chi connectivity index (χ0v) is 17.3. The lowest BCUT2D eigenvalue weighted by Crippen LogP contribution is -2.38. The third-order valence-electron chi connectivity index (χ3n) is 5.43. The number of carbonyl (C=O) groups excluding carboxylic acids is 1. The minimum atomic E-state index is -0.479. The van der Waals surface area contributed by atoms with E-state index < -0.39 is 6.10 Å². The zero-order valence-electron chi connectivity index (χ0n) is 17.3. The van der Waals surface area contributed by atoms with Gasteiger partial charge in [-0.1, -0.05) is 48.9 Å². The monoisotopic (exact) mass is 380 g/mol. The van der Waals surface area contributed by atoms with E-state index in [9.17, 15) is 4.79 Å². The maximum absolute atomic E-state index is 12.7. The number of hydrogen-bond donors (Lipinski definition) is 1. The van der Waals surface area contributed by atoms with Crippen molar-refractivity contribution in [2.24, 2.45) is 0 Å². The molecule has 3 rings (SSSR count). The summed E-state index contributed by atoms with van der Waals surface area (Å²) >= 11 is 0. The van der Waals surface area contributed by atoms with Crippen LogP contribution in [0.4, 0.5) is 0 Å². The topological polar surface area (TPSA) is 41.6 Å². The molecule has 0 aromatic heterocycles. The predicted molar refractivity (Wildman–Crippen MR) is 113 cm³/mol. The lowest BCUT2D eigenvalue weighted by atomic mass is 10.1. The average Bonchev–Trinajstić information content (AvgIpc) is 3.19. The van der Waals surface area contributed by atoms with Gasteiger partial charge < -0.3 is 10.1 Å². The van der Waals surface area contributed by atoms with Crippen LogP contribution in [-0.4, -0.2) is 30.0 Å². The zero-order chi connectivity index (χ0) is 19.9. The molecule has 1 aliphatic rings. The summed E-state index contributed by atoms with van der Waals surface area (Å²) in [6, 6.07) is 14.4. The molecular weight excluding hydrogens is 348 g/mol. The van der Waals surface area contributed by atoms with Crippen molar-refractivity contribution in [2.45, 2.75) is 59.2 Å². The Hall–Kier alpha value is -2.33.